The van der Waals surface area contributed by atoms with Crippen LogP contribution in [-0.2, 0) is 28.8 Å². The molecule has 6 atom stereocenters. The molecule has 3 N–H and O–H groups in total. The Morgan fingerprint density at radius 3 is 2.16 bits per heavy atom. The van der Waals surface area contributed by atoms with Gasteiger partial charge in [-0.15, -0.1) is 6.58 Å². The number of likely N-dealkylation sites (N-methyl/N-ethyl adjacent to an activating group) is 1. The lowest BCUT2D eigenvalue weighted by atomic mass is 9.53. The fraction of sp³-hybridized carbons (Fsp3) is 0.674. The Kier molecular flexibility index (Phi) is 12.9. The summed E-state index contributed by atoms with van der Waals surface area (Å²) < 4.78 is 0. The van der Waals surface area contributed by atoms with Gasteiger partial charge in [0.2, 0.25) is 23.5 Å². The third-order valence-electron chi connectivity index (χ3n) is 14.4. The van der Waals surface area contributed by atoms with Gasteiger partial charge in [-0.2, -0.15) is 0 Å². The van der Waals surface area contributed by atoms with E-state index in [9.17, 15) is 33.6 Å². The first-order valence-corrected chi connectivity index (χ1v) is 22.0. The average molecular weight is 798 g/mol. The Morgan fingerprint density at radius 2 is 1.53 bits per heavy atom. The van der Waals surface area contributed by atoms with Gasteiger partial charge in [0.25, 0.3) is 0 Å². The zero-order chi connectivity index (χ0) is 41.1. The summed E-state index contributed by atoms with van der Waals surface area (Å²) in [5, 5.41) is 9.28. The van der Waals surface area contributed by atoms with Crippen LogP contribution in [0.15, 0.2) is 43.0 Å². The van der Waals surface area contributed by atoms with Crippen molar-refractivity contribution in [2.45, 2.75) is 133 Å². The van der Waals surface area contributed by atoms with Crippen molar-refractivity contribution in [1.29, 1.82) is 0 Å². The fourth-order valence-electron chi connectivity index (χ4n) is 11.8. The van der Waals surface area contributed by atoms with Gasteiger partial charge in [-0.25, -0.2) is 4.79 Å². The van der Waals surface area contributed by atoms with E-state index in [1.54, 1.807) is 55.4 Å². The maximum Gasteiger partial charge on any atom is 0.315 e. The topological polar surface area (TPSA) is 162 Å². The molecule has 1 heterocycles. The van der Waals surface area contributed by atoms with E-state index < -0.39 is 41.5 Å². The minimum atomic E-state index is -0.945. The van der Waals surface area contributed by atoms with Crippen molar-refractivity contribution in [3.8, 4) is 0 Å². The minimum absolute atomic E-state index is 0.00120. The second-order valence-electron chi connectivity index (χ2n) is 18.9. The molecule has 12 heteroatoms. The summed E-state index contributed by atoms with van der Waals surface area (Å²) in [5.74, 6) is -1.51. The number of carbonyl (C=O) groups excluding carboxylic acids is 7. The number of hydrogen-bond donors (Lipinski definition) is 3. The molecule has 58 heavy (non-hydrogen) atoms. The lowest BCUT2D eigenvalue weighted by Gasteiger charge is -2.56. The smallest absolute Gasteiger partial charge is 0.315 e. The lowest BCUT2D eigenvalue weighted by molar-refractivity contribution is -0.144. The second-order valence-corrected chi connectivity index (χ2v) is 18.9. The van der Waals surface area contributed by atoms with Gasteiger partial charge in [-0.3, -0.25) is 28.8 Å². The van der Waals surface area contributed by atoms with Crippen molar-refractivity contribution in [3.05, 3.63) is 48.6 Å². The fourth-order valence-corrected chi connectivity index (χ4v) is 11.8. The van der Waals surface area contributed by atoms with E-state index >= 15 is 0 Å². The number of piperidine rings is 1. The summed E-state index contributed by atoms with van der Waals surface area (Å²) in [6.45, 7) is 4.22. The molecule has 5 amide bonds. The Labute approximate surface area is 343 Å². The zero-order valence-electron chi connectivity index (χ0n) is 34.4. The standard InChI is InChI=1S/C46H63N5O7/c1-4-5-12-33(42(55)36(52)17-18-38(54)47-39(43(56)50(2)3)31-13-8-6-9-14-31)23-37(53)41-35-22-34(35)27-51(41)44(57)40(32-15-10-7-11-16-32)48-45(58)49-46-24-28-19-29(25-46)21-30(20-28)26-46/h4,6,8-9,13-14,28-30,32-35,39-41H,1,5,7,10-12,15-27H2,2-3H3,(H,47,54)(H2,48,49,58)/t28?,29?,30?,33?,34-,35-,39-,40-,41-,46?/m0/s1. The van der Waals surface area contributed by atoms with Gasteiger partial charge in [0.15, 0.2) is 11.6 Å². The summed E-state index contributed by atoms with van der Waals surface area (Å²) in [5.41, 5.74) is 0.399. The number of ketones is 3. The van der Waals surface area contributed by atoms with Crippen LogP contribution in [0.5, 0.6) is 0 Å². The number of likely N-dealkylation sites (tertiary alicyclic amines) is 1. The van der Waals surface area contributed by atoms with E-state index in [1.807, 2.05) is 0 Å². The van der Waals surface area contributed by atoms with Crippen LogP contribution in [0, 0.1) is 41.4 Å². The summed E-state index contributed by atoms with van der Waals surface area (Å²) >= 11 is 0. The van der Waals surface area contributed by atoms with Gasteiger partial charge < -0.3 is 25.8 Å². The molecule has 0 radical (unpaired) electrons. The predicted octanol–water partition coefficient (Wildman–Crippen LogP) is 5.46. The van der Waals surface area contributed by atoms with Crippen molar-refractivity contribution in [2.75, 3.05) is 20.6 Å². The number of Topliss-reactive ketones (excluding diaryl/α,β-unsaturated/α-hetero) is 3. The van der Waals surface area contributed by atoms with Crippen LogP contribution in [0.1, 0.15) is 121 Å². The molecule has 0 spiro atoms. The first-order chi connectivity index (χ1) is 27.8. The number of carbonyl (C=O) groups is 7. The van der Waals surface area contributed by atoms with Crippen LogP contribution in [-0.4, -0.2) is 89.2 Å². The third-order valence-corrected chi connectivity index (χ3v) is 14.4. The molecule has 1 aromatic rings. The van der Waals surface area contributed by atoms with Crippen molar-refractivity contribution in [1.82, 2.24) is 25.8 Å². The van der Waals surface area contributed by atoms with Crippen LogP contribution < -0.4 is 16.0 Å². The molecule has 6 aliphatic carbocycles. The number of benzene rings is 1. The molecule has 7 aliphatic rings. The van der Waals surface area contributed by atoms with Crippen molar-refractivity contribution < 1.29 is 33.6 Å². The molecule has 7 fully saturated rings. The number of hydrogen-bond acceptors (Lipinski definition) is 7. The number of nitrogens with one attached hydrogen (secondary N) is 3. The van der Waals surface area contributed by atoms with E-state index in [0.29, 0.717) is 36.3 Å². The highest BCUT2D eigenvalue weighted by atomic mass is 16.2. The predicted molar refractivity (Wildman–Crippen MR) is 218 cm³/mol. The number of urea groups is 1. The van der Waals surface area contributed by atoms with E-state index in [4.69, 9.17) is 0 Å². The van der Waals surface area contributed by atoms with E-state index in [1.165, 1.54) is 24.2 Å². The van der Waals surface area contributed by atoms with E-state index in [2.05, 4.69) is 22.5 Å². The van der Waals surface area contributed by atoms with Crippen molar-refractivity contribution >= 4 is 41.1 Å². The first-order valence-electron chi connectivity index (χ1n) is 22.0. The monoisotopic (exact) mass is 797 g/mol. The van der Waals surface area contributed by atoms with Gasteiger partial charge in [-0.05, 0) is 112 Å². The Hall–Kier alpha value is -4.35. The van der Waals surface area contributed by atoms with Gasteiger partial charge in [0, 0.05) is 51.4 Å². The summed E-state index contributed by atoms with van der Waals surface area (Å²) in [6, 6.07) is 6.14. The van der Waals surface area contributed by atoms with Crippen molar-refractivity contribution in [2.24, 2.45) is 41.4 Å². The normalized spacial score (nSPS) is 29.7. The molecule has 1 saturated heterocycles. The molecule has 0 aromatic heterocycles. The van der Waals surface area contributed by atoms with Gasteiger partial charge in [0.1, 0.15) is 12.1 Å². The molecule has 8 rings (SSSR count). The van der Waals surface area contributed by atoms with Crippen LogP contribution >= 0.6 is 0 Å². The summed E-state index contributed by atoms with van der Waals surface area (Å²) in [6.07, 6.45) is 13.8. The number of rotatable bonds is 18. The molecule has 6 saturated carbocycles. The zero-order valence-corrected chi connectivity index (χ0v) is 34.4. The Balaban J connectivity index is 0.991. The van der Waals surface area contributed by atoms with Gasteiger partial charge in [0.05, 0.1) is 6.04 Å². The maximum absolute atomic E-state index is 14.7. The first kappa shape index (κ1) is 41.8. The number of fused-ring (bicyclic) bond motifs is 1. The Bertz CT molecular complexity index is 1720. The van der Waals surface area contributed by atoms with Crippen LogP contribution in [0.25, 0.3) is 0 Å². The van der Waals surface area contributed by atoms with Gasteiger partial charge in [-0.1, -0.05) is 55.7 Å². The summed E-state index contributed by atoms with van der Waals surface area (Å²) in [7, 11) is 3.19. The van der Waals surface area contributed by atoms with Gasteiger partial charge >= 0.3 is 6.03 Å². The SMILES string of the molecule is C=CCCC(CC(=O)[C@@H]1[C@H]2C[C@H]2CN1C(=O)[C@@H](NC(=O)NC12CC3CC(CC(C3)C1)C2)C1CCCCC1)C(=O)C(=O)CCC(=O)N[C@H](C(=O)N(C)C)c1ccccc1. The highest BCUT2D eigenvalue weighted by molar-refractivity contribution is 6.38. The maximum atomic E-state index is 14.7. The molecular formula is C46H63N5O7. The van der Waals surface area contributed by atoms with Crippen LogP contribution in [0.3, 0.4) is 0 Å². The minimum Gasteiger partial charge on any atom is -0.347 e. The number of amides is 5. The van der Waals surface area contributed by atoms with Crippen LogP contribution in [0.2, 0.25) is 0 Å². The molecule has 1 aromatic carbocycles. The molecule has 4 bridgehead atoms. The molecule has 12 nitrogen and oxygen atoms in total. The highest BCUT2D eigenvalue weighted by Gasteiger charge is 2.58. The van der Waals surface area contributed by atoms with E-state index in [-0.39, 0.29) is 72.6 Å². The molecular weight excluding hydrogens is 735 g/mol. The second kappa shape index (κ2) is 17.9. The average Bonchev–Trinajstić information content (AvgIpc) is 3.86. The van der Waals surface area contributed by atoms with Crippen LogP contribution in [0.4, 0.5) is 4.79 Å². The largest absolute Gasteiger partial charge is 0.347 e. The third kappa shape index (κ3) is 9.41. The van der Waals surface area contributed by atoms with E-state index in [0.717, 1.165) is 57.8 Å². The quantitative estimate of drug-likeness (QED) is 0.131. The number of allylic oxidation sites excluding steroid dienone is 1. The summed E-state index contributed by atoms with van der Waals surface area (Å²) in [4.78, 5) is 98.9. The lowest BCUT2D eigenvalue weighted by Crippen LogP contribution is -2.64. The molecule has 1 aliphatic heterocycles. The highest BCUT2D eigenvalue weighted by Crippen LogP contribution is 2.56. The van der Waals surface area contributed by atoms with Crippen molar-refractivity contribution in [3.63, 3.8) is 0 Å². The molecule has 1 unspecified atom stereocenters. The Morgan fingerprint density at radius 1 is 0.879 bits per heavy atom. The molecule has 314 valence electrons. The number of nitrogens with zero attached hydrogens (tertiary/aromatic N) is 2.